The predicted molar refractivity (Wildman–Crippen MR) is 182 cm³/mol. The largest absolute Gasteiger partial charge is 0.485 e. The van der Waals surface area contributed by atoms with Gasteiger partial charge in [0.2, 0.25) is 11.8 Å². The minimum absolute atomic E-state index is 0.0412. The number of hydrogen-bond acceptors (Lipinski definition) is 6. The van der Waals surface area contributed by atoms with Crippen molar-refractivity contribution in [2.24, 2.45) is 0 Å². The Morgan fingerprint density at radius 3 is 2.59 bits per heavy atom. The molecule has 46 heavy (non-hydrogen) atoms. The molecule has 0 saturated carbocycles. The summed E-state index contributed by atoms with van der Waals surface area (Å²) in [5, 5.41) is 6.09. The molecule has 11 nitrogen and oxygen atoms in total. The second-order valence-electron chi connectivity index (χ2n) is 10.4. The van der Waals surface area contributed by atoms with Gasteiger partial charge in [-0.05, 0) is 70.9 Å². The van der Waals surface area contributed by atoms with Crippen LogP contribution in [0.15, 0.2) is 65.4 Å². The first-order valence-electron chi connectivity index (χ1n) is 14.3. The van der Waals surface area contributed by atoms with Gasteiger partial charge >= 0.3 is 6.03 Å². The highest BCUT2D eigenvalue weighted by Gasteiger charge is 2.20. The average Bonchev–Trinajstić information content (AvgIpc) is 3.36. The highest BCUT2D eigenvalue weighted by atomic mass is 79.9. The second kappa shape index (κ2) is 15.0. The van der Waals surface area contributed by atoms with Crippen molar-refractivity contribution in [3.8, 4) is 5.75 Å². The lowest BCUT2D eigenvalue weighted by molar-refractivity contribution is -0.122. The second-order valence-corrected chi connectivity index (χ2v) is 11.9. The molecule has 0 bridgehead atoms. The minimum atomic E-state index is -0.447. The Bertz CT molecular complexity index is 1790. The zero-order valence-corrected chi connectivity index (χ0v) is 28.2. The van der Waals surface area contributed by atoms with Crippen LogP contribution in [0.5, 0.6) is 5.75 Å². The number of fused-ring (bicyclic) bond motifs is 1. The van der Waals surface area contributed by atoms with Crippen LogP contribution in [-0.2, 0) is 20.9 Å². The highest BCUT2D eigenvalue weighted by Crippen LogP contribution is 2.35. The SMILES string of the molecule is Cc1nc2c(OCc3c(Cl)ccc(N(C)C(=O)CNC(=O)C=Cc4ccc(NC(=O)N5CCOCC5)cc4)c3Cl)cccn2c1Br. The van der Waals surface area contributed by atoms with E-state index in [2.05, 4.69) is 31.5 Å². The van der Waals surface area contributed by atoms with Gasteiger partial charge in [0.15, 0.2) is 11.4 Å². The summed E-state index contributed by atoms with van der Waals surface area (Å²) >= 11 is 16.7. The van der Waals surface area contributed by atoms with E-state index in [-0.39, 0.29) is 30.1 Å². The lowest BCUT2D eigenvalue weighted by Gasteiger charge is -2.26. The smallest absolute Gasteiger partial charge is 0.321 e. The van der Waals surface area contributed by atoms with E-state index in [1.807, 2.05) is 23.6 Å². The fourth-order valence-electron chi connectivity index (χ4n) is 4.66. The van der Waals surface area contributed by atoms with E-state index in [0.29, 0.717) is 59.7 Å². The molecule has 0 spiro atoms. The van der Waals surface area contributed by atoms with Gasteiger partial charge in [0, 0.05) is 48.7 Å². The minimum Gasteiger partial charge on any atom is -0.485 e. The van der Waals surface area contributed by atoms with Gasteiger partial charge in [0.05, 0.1) is 36.2 Å². The van der Waals surface area contributed by atoms with Crippen molar-refractivity contribution in [3.05, 3.63) is 92.3 Å². The Morgan fingerprint density at radius 2 is 1.85 bits per heavy atom. The number of urea groups is 1. The summed E-state index contributed by atoms with van der Waals surface area (Å²) in [6.45, 7) is 3.82. The summed E-state index contributed by atoms with van der Waals surface area (Å²) in [6.07, 6.45) is 4.82. The van der Waals surface area contributed by atoms with Gasteiger partial charge in [-0.25, -0.2) is 9.78 Å². The fourth-order valence-corrected chi connectivity index (χ4v) is 5.64. The molecule has 1 saturated heterocycles. The standard InChI is InChI=1S/C32H31BrCl2N6O5/c1-20-30(33)41-13-3-4-26(31(41)37-20)46-19-23-24(34)10-11-25(29(23)35)39(2)28(43)18-36-27(42)12-7-21-5-8-22(9-6-21)38-32(44)40-14-16-45-17-15-40/h3-13H,14-19H2,1-2H3,(H,36,42)(H,38,44). The number of imidazole rings is 1. The molecule has 1 aliphatic heterocycles. The number of nitrogens with zero attached hydrogens (tertiary/aromatic N) is 4. The molecule has 0 radical (unpaired) electrons. The first-order valence-corrected chi connectivity index (χ1v) is 15.9. The third-order valence-corrected chi connectivity index (χ3v) is 9.02. The predicted octanol–water partition coefficient (Wildman–Crippen LogP) is 5.95. The zero-order chi connectivity index (χ0) is 32.8. The van der Waals surface area contributed by atoms with E-state index in [1.54, 1.807) is 60.5 Å². The average molecular weight is 730 g/mol. The third-order valence-electron chi connectivity index (χ3n) is 7.29. The van der Waals surface area contributed by atoms with Crippen molar-refractivity contribution in [1.82, 2.24) is 19.6 Å². The van der Waals surface area contributed by atoms with Crippen LogP contribution < -0.4 is 20.3 Å². The first-order chi connectivity index (χ1) is 22.1. The molecule has 1 fully saturated rings. The van der Waals surface area contributed by atoms with Gasteiger partial charge in [-0.2, -0.15) is 0 Å². The number of nitrogens with one attached hydrogen (secondary N) is 2. The van der Waals surface area contributed by atoms with E-state index in [4.69, 9.17) is 32.7 Å². The molecule has 4 aromatic rings. The van der Waals surface area contributed by atoms with Crippen LogP contribution in [0.1, 0.15) is 16.8 Å². The number of aryl methyl sites for hydroxylation is 1. The molecule has 240 valence electrons. The molecular weight excluding hydrogens is 699 g/mol. The van der Waals surface area contributed by atoms with E-state index < -0.39 is 5.91 Å². The Hall–Kier alpha value is -4.10. The van der Waals surface area contributed by atoms with Gasteiger partial charge in [0.1, 0.15) is 11.2 Å². The normalized spacial score (nSPS) is 13.2. The van der Waals surface area contributed by atoms with Crippen LogP contribution in [0.4, 0.5) is 16.2 Å². The topological polar surface area (TPSA) is 118 Å². The van der Waals surface area contributed by atoms with Crippen molar-refractivity contribution in [3.63, 3.8) is 0 Å². The number of amides is 4. The summed E-state index contributed by atoms with van der Waals surface area (Å²) in [4.78, 5) is 45.4. The van der Waals surface area contributed by atoms with Crippen molar-refractivity contribution in [2.75, 3.05) is 50.1 Å². The highest BCUT2D eigenvalue weighted by molar-refractivity contribution is 9.10. The molecule has 2 aromatic heterocycles. The number of carbonyl (C=O) groups is 3. The molecule has 1 aliphatic rings. The molecule has 14 heteroatoms. The summed E-state index contributed by atoms with van der Waals surface area (Å²) in [5.74, 6) is -0.293. The number of likely N-dealkylation sites (N-methyl/N-ethyl adjacent to an activating group) is 1. The van der Waals surface area contributed by atoms with Crippen molar-refractivity contribution >= 4 is 80.1 Å². The monoisotopic (exact) mass is 728 g/mol. The lowest BCUT2D eigenvalue weighted by atomic mass is 10.2. The van der Waals surface area contributed by atoms with Gasteiger partial charge in [-0.1, -0.05) is 35.3 Å². The number of benzene rings is 2. The van der Waals surface area contributed by atoms with E-state index in [1.165, 1.54) is 11.0 Å². The van der Waals surface area contributed by atoms with Crippen LogP contribution in [0.3, 0.4) is 0 Å². The van der Waals surface area contributed by atoms with Gasteiger partial charge < -0.3 is 29.9 Å². The van der Waals surface area contributed by atoms with Crippen LogP contribution in [0.25, 0.3) is 11.7 Å². The number of pyridine rings is 1. The van der Waals surface area contributed by atoms with E-state index in [0.717, 1.165) is 15.9 Å². The summed E-state index contributed by atoms with van der Waals surface area (Å²) in [6, 6.07) is 13.8. The number of carbonyl (C=O) groups excluding carboxylic acids is 3. The zero-order valence-electron chi connectivity index (χ0n) is 25.1. The number of halogens is 3. The molecule has 0 atom stereocenters. The van der Waals surface area contributed by atoms with Crippen LogP contribution in [0, 0.1) is 6.92 Å². The van der Waals surface area contributed by atoms with Crippen molar-refractivity contribution < 1.29 is 23.9 Å². The molecule has 2 N–H and O–H groups in total. The molecule has 3 heterocycles. The molecular formula is C32H31BrCl2N6O5. The molecule has 0 aliphatic carbocycles. The van der Waals surface area contributed by atoms with E-state index in [9.17, 15) is 14.4 Å². The summed E-state index contributed by atoms with van der Waals surface area (Å²) in [7, 11) is 1.56. The third kappa shape index (κ3) is 7.81. The number of anilines is 2. The van der Waals surface area contributed by atoms with Gasteiger partial charge in [-0.3, -0.25) is 14.0 Å². The van der Waals surface area contributed by atoms with E-state index >= 15 is 0 Å². The number of morpholine rings is 1. The lowest BCUT2D eigenvalue weighted by Crippen LogP contribution is -2.43. The maximum absolute atomic E-state index is 13.0. The van der Waals surface area contributed by atoms with Crippen LogP contribution >= 0.6 is 39.1 Å². The number of rotatable bonds is 9. The van der Waals surface area contributed by atoms with Crippen LogP contribution in [-0.4, -0.2) is 72.0 Å². The molecule has 0 unspecified atom stereocenters. The molecule has 4 amide bonds. The Kier molecular flexibility index (Phi) is 10.8. The Morgan fingerprint density at radius 1 is 1.11 bits per heavy atom. The quantitative estimate of drug-likeness (QED) is 0.206. The maximum atomic E-state index is 13.0. The molecule has 2 aromatic carbocycles. The Balaban J connectivity index is 1.14. The van der Waals surface area contributed by atoms with Crippen LogP contribution in [0.2, 0.25) is 10.0 Å². The van der Waals surface area contributed by atoms with Gasteiger partial charge in [-0.15, -0.1) is 0 Å². The molecule has 5 rings (SSSR count). The number of hydrogen-bond donors (Lipinski definition) is 2. The van der Waals surface area contributed by atoms with Gasteiger partial charge in [0.25, 0.3) is 0 Å². The maximum Gasteiger partial charge on any atom is 0.321 e. The number of ether oxygens (including phenoxy) is 2. The first kappa shape index (κ1) is 33.3. The summed E-state index contributed by atoms with van der Waals surface area (Å²) in [5.41, 5.74) is 3.76. The fraction of sp³-hybridized carbons (Fsp3) is 0.250. The number of aromatic nitrogens is 2. The Labute approximate surface area is 284 Å². The van der Waals surface area contributed by atoms with Crippen molar-refractivity contribution in [2.45, 2.75) is 13.5 Å². The summed E-state index contributed by atoms with van der Waals surface area (Å²) < 4.78 is 14.0. The van der Waals surface area contributed by atoms with Crippen molar-refractivity contribution in [1.29, 1.82) is 0 Å².